The van der Waals surface area contributed by atoms with Gasteiger partial charge in [0.15, 0.2) is 0 Å². The molecule has 4 heterocycles. The van der Waals surface area contributed by atoms with Gasteiger partial charge < -0.3 is 19.6 Å². The maximum atomic E-state index is 12.8. The minimum absolute atomic E-state index is 0.103. The number of aliphatic hydroxyl groups is 1. The summed E-state index contributed by atoms with van der Waals surface area (Å²) in [6, 6.07) is 21.5. The highest BCUT2D eigenvalue weighted by atomic mass is 16.5. The van der Waals surface area contributed by atoms with Crippen LogP contribution in [0.15, 0.2) is 60.7 Å². The van der Waals surface area contributed by atoms with Crippen LogP contribution in [0, 0.1) is 10.8 Å². The average molecular weight is 421 g/mol. The van der Waals surface area contributed by atoms with Gasteiger partial charge in [-0.05, 0) is 37.8 Å². The first-order valence-corrected chi connectivity index (χ1v) is 11.8. The van der Waals surface area contributed by atoms with Crippen LogP contribution in [0.5, 0.6) is 0 Å². The van der Waals surface area contributed by atoms with E-state index in [1.54, 1.807) is 0 Å². The Hall–Kier alpha value is -1.72. The van der Waals surface area contributed by atoms with Crippen molar-refractivity contribution in [2.75, 3.05) is 45.9 Å². The molecule has 4 aliphatic rings. The number of rotatable bonds is 7. The van der Waals surface area contributed by atoms with E-state index in [-0.39, 0.29) is 16.9 Å². The number of hydrogen-bond donors (Lipinski definition) is 1. The third-order valence-corrected chi connectivity index (χ3v) is 7.99. The van der Waals surface area contributed by atoms with Gasteiger partial charge in [0.2, 0.25) is 0 Å². The van der Waals surface area contributed by atoms with Crippen molar-refractivity contribution in [1.82, 2.24) is 9.80 Å². The molecule has 166 valence electrons. The van der Waals surface area contributed by atoms with Crippen LogP contribution in [0.4, 0.5) is 0 Å². The summed E-state index contributed by atoms with van der Waals surface area (Å²) in [6.45, 7) is 10.5. The van der Waals surface area contributed by atoms with Crippen LogP contribution in [-0.2, 0) is 17.6 Å². The summed E-state index contributed by atoms with van der Waals surface area (Å²) in [5, 5.41) is 12.8. The molecule has 2 aromatic rings. The quantitative estimate of drug-likeness (QED) is 0.746. The molecule has 4 nitrogen and oxygen atoms in total. The fraction of sp³-hybridized carbons (Fsp3) is 0.556. The molecule has 6 rings (SSSR count). The summed E-state index contributed by atoms with van der Waals surface area (Å²) >= 11 is 0. The zero-order valence-corrected chi connectivity index (χ0v) is 19.0. The molecule has 0 spiro atoms. The van der Waals surface area contributed by atoms with Crippen LogP contribution in [0.25, 0.3) is 0 Å². The van der Waals surface area contributed by atoms with E-state index in [1.807, 2.05) is 0 Å². The number of fused-ring (bicyclic) bond motifs is 1. The van der Waals surface area contributed by atoms with E-state index in [4.69, 9.17) is 4.74 Å². The Morgan fingerprint density at radius 1 is 0.774 bits per heavy atom. The van der Waals surface area contributed by atoms with E-state index in [2.05, 4.69) is 84.3 Å². The molecule has 0 amide bonds. The standard InChI is InChI=1S/C27H36N2O2/c1-22(2)31-21-27(30)25(15-23-9-5-3-6-10-23)17-28-13-14-29(18-25)20-26(27,19-28)16-24-11-7-4-8-12-24/h3-12,22,30H,13-21H2,1-2H3. The van der Waals surface area contributed by atoms with Crippen molar-refractivity contribution >= 4 is 0 Å². The summed E-state index contributed by atoms with van der Waals surface area (Å²) in [5.74, 6) is 0. The molecular formula is C27H36N2O2. The zero-order valence-electron chi connectivity index (χ0n) is 19.0. The average Bonchev–Trinajstić information content (AvgIpc) is 3.00. The van der Waals surface area contributed by atoms with Crippen molar-refractivity contribution in [2.24, 2.45) is 10.8 Å². The van der Waals surface area contributed by atoms with Gasteiger partial charge in [0.1, 0.15) is 5.60 Å². The number of benzene rings is 2. The van der Waals surface area contributed by atoms with E-state index in [0.29, 0.717) is 6.61 Å². The van der Waals surface area contributed by atoms with E-state index in [0.717, 1.165) is 52.1 Å². The molecule has 31 heavy (non-hydrogen) atoms. The summed E-state index contributed by atoms with van der Waals surface area (Å²) < 4.78 is 6.25. The van der Waals surface area contributed by atoms with Crippen molar-refractivity contribution in [3.8, 4) is 0 Å². The van der Waals surface area contributed by atoms with Gasteiger partial charge in [0.05, 0.1) is 12.7 Å². The maximum absolute atomic E-state index is 12.8. The Kier molecular flexibility index (Phi) is 5.46. The fourth-order valence-corrected chi connectivity index (χ4v) is 6.69. The van der Waals surface area contributed by atoms with E-state index >= 15 is 0 Å². The smallest absolute Gasteiger partial charge is 0.105 e. The van der Waals surface area contributed by atoms with Crippen molar-refractivity contribution in [1.29, 1.82) is 0 Å². The van der Waals surface area contributed by atoms with Gasteiger partial charge >= 0.3 is 0 Å². The Labute approximate surface area is 186 Å². The van der Waals surface area contributed by atoms with Crippen molar-refractivity contribution in [2.45, 2.75) is 38.4 Å². The third-order valence-electron chi connectivity index (χ3n) is 7.99. The number of ether oxygens (including phenoxy) is 1. The lowest BCUT2D eigenvalue weighted by Gasteiger charge is -2.66. The molecule has 0 atom stereocenters. The van der Waals surface area contributed by atoms with Crippen LogP contribution < -0.4 is 0 Å². The van der Waals surface area contributed by atoms with E-state index < -0.39 is 5.60 Å². The first-order chi connectivity index (χ1) is 14.9. The van der Waals surface area contributed by atoms with Gasteiger partial charge in [-0.15, -0.1) is 0 Å². The summed E-state index contributed by atoms with van der Waals surface area (Å²) in [4.78, 5) is 5.26. The van der Waals surface area contributed by atoms with Crippen LogP contribution in [-0.4, -0.2) is 72.5 Å². The molecule has 2 aromatic carbocycles. The van der Waals surface area contributed by atoms with Crippen molar-refractivity contribution in [3.63, 3.8) is 0 Å². The van der Waals surface area contributed by atoms with Crippen molar-refractivity contribution < 1.29 is 9.84 Å². The number of hydrogen-bond acceptors (Lipinski definition) is 4. The van der Waals surface area contributed by atoms with Gasteiger partial charge in [0.25, 0.3) is 0 Å². The SMILES string of the molecule is CC(C)OCC1(O)C2(Cc3ccccc3)CN3CCN(C2)CC1(Cc1ccccc1)C3. The molecule has 4 fully saturated rings. The van der Waals surface area contributed by atoms with Gasteiger partial charge in [0, 0.05) is 50.1 Å². The molecule has 0 aromatic heterocycles. The van der Waals surface area contributed by atoms with E-state index in [1.165, 1.54) is 11.1 Å². The predicted octanol–water partition coefficient (Wildman–Crippen LogP) is 3.25. The second-order valence-corrected chi connectivity index (χ2v) is 10.5. The lowest BCUT2D eigenvalue weighted by atomic mass is 9.50. The summed E-state index contributed by atoms with van der Waals surface area (Å²) in [7, 11) is 0. The Balaban J connectivity index is 1.61. The number of nitrogens with zero attached hydrogens (tertiary/aromatic N) is 2. The van der Waals surface area contributed by atoms with Crippen molar-refractivity contribution in [3.05, 3.63) is 71.8 Å². The highest BCUT2D eigenvalue weighted by Gasteiger charge is 2.69. The van der Waals surface area contributed by atoms with E-state index in [9.17, 15) is 5.11 Å². The van der Waals surface area contributed by atoms with Gasteiger partial charge in [-0.2, -0.15) is 0 Å². The minimum atomic E-state index is -0.882. The fourth-order valence-electron chi connectivity index (χ4n) is 6.69. The minimum Gasteiger partial charge on any atom is -0.386 e. The highest BCUT2D eigenvalue weighted by Crippen LogP contribution is 2.57. The predicted molar refractivity (Wildman–Crippen MR) is 124 cm³/mol. The molecule has 4 bridgehead atoms. The Morgan fingerprint density at radius 3 is 1.58 bits per heavy atom. The highest BCUT2D eigenvalue weighted by molar-refractivity contribution is 5.29. The van der Waals surface area contributed by atoms with Crippen LogP contribution in [0.3, 0.4) is 0 Å². The van der Waals surface area contributed by atoms with Crippen LogP contribution in [0.2, 0.25) is 0 Å². The molecule has 1 N–H and O–H groups in total. The van der Waals surface area contributed by atoms with Gasteiger partial charge in [-0.3, -0.25) is 0 Å². The van der Waals surface area contributed by atoms with Crippen LogP contribution in [0.1, 0.15) is 25.0 Å². The zero-order chi connectivity index (χ0) is 21.5. The van der Waals surface area contributed by atoms with Gasteiger partial charge in [-0.25, -0.2) is 0 Å². The molecule has 4 aliphatic heterocycles. The molecule has 0 aliphatic carbocycles. The molecule has 0 saturated carbocycles. The summed E-state index contributed by atoms with van der Waals surface area (Å²) in [5.41, 5.74) is 1.25. The molecular weight excluding hydrogens is 384 g/mol. The lowest BCUT2D eigenvalue weighted by molar-refractivity contribution is -0.270. The molecule has 0 unspecified atom stereocenters. The molecule has 4 heteroatoms. The number of piperidine rings is 2. The van der Waals surface area contributed by atoms with Gasteiger partial charge in [-0.1, -0.05) is 60.7 Å². The normalized spacial score (nSPS) is 36.6. The monoisotopic (exact) mass is 420 g/mol. The topological polar surface area (TPSA) is 35.9 Å². The third kappa shape index (κ3) is 3.64. The van der Waals surface area contributed by atoms with Crippen LogP contribution >= 0.6 is 0 Å². The summed E-state index contributed by atoms with van der Waals surface area (Å²) in [6.07, 6.45) is 1.87. The second-order valence-electron chi connectivity index (χ2n) is 10.5. The largest absolute Gasteiger partial charge is 0.386 e. The lowest BCUT2D eigenvalue weighted by Crippen LogP contribution is -2.79. The molecule has 4 saturated heterocycles. The molecule has 0 radical (unpaired) electrons. The second kappa shape index (κ2) is 8.00. The first-order valence-electron chi connectivity index (χ1n) is 11.8. The Bertz CT molecular complexity index is 805. The Morgan fingerprint density at radius 2 is 1.19 bits per heavy atom. The first kappa shape index (κ1) is 21.1. The maximum Gasteiger partial charge on any atom is 0.105 e.